The van der Waals surface area contributed by atoms with E-state index in [0.29, 0.717) is 18.1 Å². The van der Waals surface area contributed by atoms with Gasteiger partial charge in [0.15, 0.2) is 11.2 Å². The zero-order valence-corrected chi connectivity index (χ0v) is 17.7. The highest BCUT2D eigenvalue weighted by molar-refractivity contribution is 5.88. The van der Waals surface area contributed by atoms with Gasteiger partial charge in [-0.2, -0.15) is 0 Å². The van der Waals surface area contributed by atoms with Crippen molar-refractivity contribution in [3.63, 3.8) is 0 Å². The van der Waals surface area contributed by atoms with Gasteiger partial charge in [0, 0.05) is 26.2 Å². The van der Waals surface area contributed by atoms with Gasteiger partial charge >= 0.3 is 11.7 Å². The maximum atomic E-state index is 12.3. The third-order valence-corrected chi connectivity index (χ3v) is 4.83. The molecule has 0 spiro atoms. The molecule has 1 amide bonds. The van der Waals surface area contributed by atoms with E-state index in [1.54, 1.807) is 31.3 Å². The van der Waals surface area contributed by atoms with Gasteiger partial charge in [-0.15, -0.1) is 0 Å². The minimum atomic E-state index is -0.528. The second-order valence-electron chi connectivity index (χ2n) is 7.24. The van der Waals surface area contributed by atoms with Crippen LogP contribution in [0.3, 0.4) is 0 Å². The molecule has 10 nitrogen and oxygen atoms in total. The van der Waals surface area contributed by atoms with E-state index in [9.17, 15) is 19.2 Å². The molecule has 2 N–H and O–H groups in total. The fraction of sp³-hybridized carbons (Fsp3) is 0.381. The molecule has 2 aromatic heterocycles. The molecule has 0 aliphatic heterocycles. The highest BCUT2D eigenvalue weighted by atomic mass is 16.5. The van der Waals surface area contributed by atoms with E-state index in [1.165, 1.54) is 16.1 Å². The number of aromatic nitrogens is 4. The van der Waals surface area contributed by atoms with Crippen molar-refractivity contribution in [1.82, 2.24) is 19.1 Å². The number of ether oxygens (including phenoxy) is 1. The van der Waals surface area contributed by atoms with Crippen molar-refractivity contribution in [2.24, 2.45) is 7.05 Å². The maximum absolute atomic E-state index is 12.3. The number of nitrogens with zero attached hydrogens (tertiary/aromatic N) is 3. The summed E-state index contributed by atoms with van der Waals surface area (Å²) in [6, 6.07) is 6.87. The third-order valence-electron chi connectivity index (χ3n) is 4.83. The molecule has 0 radical (unpaired) electrons. The molecule has 0 saturated heterocycles. The fourth-order valence-electron chi connectivity index (χ4n) is 3.22. The lowest BCUT2D eigenvalue weighted by Gasteiger charge is -2.06. The zero-order chi connectivity index (χ0) is 22.5. The number of hydrogen-bond acceptors (Lipinski definition) is 6. The van der Waals surface area contributed by atoms with Crippen molar-refractivity contribution in [2.45, 2.75) is 46.3 Å². The molecule has 1 aromatic carbocycles. The number of H-pyrrole nitrogens is 1. The second-order valence-corrected chi connectivity index (χ2v) is 7.24. The van der Waals surface area contributed by atoms with Crippen molar-refractivity contribution in [3.8, 4) is 0 Å². The number of unbranched alkanes of at least 4 members (excludes halogenated alkanes) is 1. The van der Waals surface area contributed by atoms with E-state index in [2.05, 4.69) is 15.3 Å². The second kappa shape index (κ2) is 9.41. The summed E-state index contributed by atoms with van der Waals surface area (Å²) in [5.41, 5.74) is 0.882. The quantitative estimate of drug-likeness (QED) is 0.524. The molecule has 0 saturated carbocycles. The van der Waals surface area contributed by atoms with Gasteiger partial charge in [-0.25, -0.2) is 9.78 Å². The Labute approximate surface area is 177 Å². The van der Waals surface area contributed by atoms with E-state index < -0.39 is 17.2 Å². The summed E-state index contributed by atoms with van der Waals surface area (Å²) >= 11 is 0. The average molecular weight is 427 g/mol. The summed E-state index contributed by atoms with van der Waals surface area (Å²) in [4.78, 5) is 54.5. The van der Waals surface area contributed by atoms with Crippen LogP contribution in [0.5, 0.6) is 0 Å². The Morgan fingerprint density at radius 2 is 1.90 bits per heavy atom. The van der Waals surface area contributed by atoms with Crippen LogP contribution in [-0.2, 0) is 40.9 Å². The van der Waals surface area contributed by atoms with Gasteiger partial charge < -0.3 is 14.6 Å². The van der Waals surface area contributed by atoms with Gasteiger partial charge in [-0.1, -0.05) is 25.5 Å². The van der Waals surface area contributed by atoms with Crippen LogP contribution in [0.15, 0.2) is 33.9 Å². The molecule has 31 heavy (non-hydrogen) atoms. The molecule has 164 valence electrons. The van der Waals surface area contributed by atoms with Gasteiger partial charge in [0.25, 0.3) is 5.56 Å². The summed E-state index contributed by atoms with van der Waals surface area (Å²) in [5.74, 6) is -0.268. The number of anilines is 1. The van der Waals surface area contributed by atoms with Gasteiger partial charge in [-0.3, -0.25) is 23.9 Å². The van der Waals surface area contributed by atoms with E-state index in [1.807, 2.05) is 6.92 Å². The third kappa shape index (κ3) is 5.08. The Kier molecular flexibility index (Phi) is 6.68. The summed E-state index contributed by atoms with van der Waals surface area (Å²) in [6.45, 7) is 3.73. The van der Waals surface area contributed by atoms with Gasteiger partial charge in [0.1, 0.15) is 12.4 Å². The monoisotopic (exact) mass is 427 g/mol. The highest BCUT2D eigenvalue weighted by Crippen LogP contribution is 2.13. The molecular formula is C21H25N5O5. The number of esters is 1. The number of aromatic amines is 1. The first-order valence-corrected chi connectivity index (χ1v) is 10.0. The summed E-state index contributed by atoms with van der Waals surface area (Å²) in [7, 11) is 1.64. The van der Waals surface area contributed by atoms with Crippen LogP contribution >= 0.6 is 0 Å². The number of nitrogens with one attached hydrogen (secondary N) is 2. The maximum Gasteiger partial charge on any atom is 0.330 e. The smallest absolute Gasteiger partial charge is 0.330 e. The molecule has 10 heteroatoms. The Morgan fingerprint density at radius 3 is 2.55 bits per heavy atom. The Morgan fingerprint density at radius 1 is 1.19 bits per heavy atom. The summed E-state index contributed by atoms with van der Waals surface area (Å²) < 4.78 is 8.30. The molecular weight excluding hydrogens is 402 g/mol. The minimum absolute atomic E-state index is 0.0477. The molecule has 0 atom stereocenters. The molecule has 0 fully saturated rings. The topological polar surface area (TPSA) is 128 Å². The van der Waals surface area contributed by atoms with E-state index in [0.717, 1.165) is 18.4 Å². The van der Waals surface area contributed by atoms with Crippen LogP contribution < -0.4 is 16.6 Å². The van der Waals surface area contributed by atoms with Gasteiger partial charge in [0.05, 0.1) is 6.42 Å². The first kappa shape index (κ1) is 22.0. The average Bonchev–Trinajstić information content (AvgIpc) is 3.04. The Balaban J connectivity index is 1.73. The van der Waals surface area contributed by atoms with Crippen molar-refractivity contribution < 1.29 is 14.3 Å². The summed E-state index contributed by atoms with van der Waals surface area (Å²) in [5, 5.41) is 2.66. The molecule has 3 aromatic rings. The zero-order valence-electron chi connectivity index (χ0n) is 17.7. The molecule has 0 bridgehead atoms. The predicted molar refractivity (Wildman–Crippen MR) is 115 cm³/mol. The van der Waals surface area contributed by atoms with E-state index >= 15 is 0 Å². The summed E-state index contributed by atoms with van der Waals surface area (Å²) in [6.07, 6.45) is 1.70. The molecule has 0 unspecified atom stereocenters. The van der Waals surface area contributed by atoms with Gasteiger partial charge in [0.2, 0.25) is 5.91 Å². The SMILES string of the molecule is CCCCn1c(=O)[nH]c(=O)c2c1nc(COC(=O)Cc1ccc(NC(C)=O)cc1)n2C. The van der Waals surface area contributed by atoms with Crippen LogP contribution in [0.25, 0.3) is 11.2 Å². The predicted octanol–water partition coefficient (Wildman–Crippen LogP) is 1.47. The first-order valence-electron chi connectivity index (χ1n) is 10.0. The fourth-order valence-corrected chi connectivity index (χ4v) is 3.22. The van der Waals surface area contributed by atoms with Crippen molar-refractivity contribution in [2.75, 3.05) is 5.32 Å². The van der Waals surface area contributed by atoms with Gasteiger partial charge in [-0.05, 0) is 24.1 Å². The number of amides is 1. The van der Waals surface area contributed by atoms with Crippen LogP contribution in [0.4, 0.5) is 5.69 Å². The molecule has 3 rings (SSSR count). The largest absolute Gasteiger partial charge is 0.457 e. The Bertz CT molecular complexity index is 1220. The minimum Gasteiger partial charge on any atom is -0.457 e. The number of rotatable bonds is 8. The highest BCUT2D eigenvalue weighted by Gasteiger charge is 2.17. The molecule has 2 heterocycles. The van der Waals surface area contributed by atoms with Crippen LogP contribution in [0.1, 0.15) is 38.1 Å². The molecule has 0 aliphatic carbocycles. The van der Waals surface area contributed by atoms with Crippen LogP contribution in [-0.4, -0.2) is 31.0 Å². The van der Waals surface area contributed by atoms with Crippen molar-refractivity contribution in [1.29, 1.82) is 0 Å². The van der Waals surface area contributed by atoms with Crippen molar-refractivity contribution in [3.05, 3.63) is 56.5 Å². The van der Waals surface area contributed by atoms with Crippen molar-refractivity contribution >= 4 is 28.7 Å². The number of aryl methyl sites for hydroxylation is 2. The number of hydrogen-bond donors (Lipinski definition) is 2. The van der Waals surface area contributed by atoms with Crippen LogP contribution in [0.2, 0.25) is 0 Å². The Hall–Kier alpha value is -3.69. The lowest BCUT2D eigenvalue weighted by Crippen LogP contribution is -2.31. The number of benzene rings is 1. The van der Waals surface area contributed by atoms with Crippen LogP contribution in [0, 0.1) is 0 Å². The number of imidazole rings is 1. The number of carbonyl (C=O) groups excluding carboxylic acids is 2. The van der Waals surface area contributed by atoms with E-state index in [-0.39, 0.29) is 30.1 Å². The lowest BCUT2D eigenvalue weighted by atomic mass is 10.1. The van der Waals surface area contributed by atoms with E-state index in [4.69, 9.17) is 4.74 Å². The first-order chi connectivity index (χ1) is 14.8. The number of carbonyl (C=O) groups is 2. The standard InChI is InChI=1S/C21H25N5O5/c1-4-5-10-26-19-18(20(29)24-21(26)30)25(3)16(23-19)12-31-17(28)11-14-6-8-15(9-7-14)22-13(2)27/h6-9H,4-5,10-12H2,1-3H3,(H,22,27)(H,24,29,30). The normalized spacial score (nSPS) is 10.9. The molecule has 0 aliphatic rings. The number of fused-ring (bicyclic) bond motifs is 1. The lowest BCUT2D eigenvalue weighted by molar-refractivity contribution is -0.144.